The molecule has 0 radical (unpaired) electrons. The largest absolute Gasteiger partial charge is 0.497 e. The van der Waals surface area contributed by atoms with Gasteiger partial charge < -0.3 is 24.5 Å². The number of ether oxygens (including phenoxy) is 3. The summed E-state index contributed by atoms with van der Waals surface area (Å²) in [5, 5.41) is 6.20. The number of hydrogen-bond acceptors (Lipinski definition) is 9. The van der Waals surface area contributed by atoms with Crippen molar-refractivity contribution in [2.45, 2.75) is 65.3 Å². The van der Waals surface area contributed by atoms with E-state index in [4.69, 9.17) is 19.9 Å². The summed E-state index contributed by atoms with van der Waals surface area (Å²) in [5.41, 5.74) is 6.65. The molecule has 0 aliphatic rings. The van der Waals surface area contributed by atoms with Crippen LogP contribution in [0.2, 0.25) is 0 Å². The van der Waals surface area contributed by atoms with Gasteiger partial charge in [-0.3, -0.25) is 9.36 Å². The van der Waals surface area contributed by atoms with Gasteiger partial charge in [0.25, 0.3) is 0 Å². The number of methoxy groups -OCH3 is 1. The van der Waals surface area contributed by atoms with Crippen LogP contribution in [0, 0.1) is 0 Å². The molecule has 38 heavy (non-hydrogen) atoms. The molecule has 0 fully saturated rings. The molecular formula is C25H38N7O5P. The average Bonchev–Trinajstić information content (AvgIpc) is 3.29. The first kappa shape index (κ1) is 29.5. The summed E-state index contributed by atoms with van der Waals surface area (Å²) in [6.07, 6.45) is 3.13. The Labute approximate surface area is 223 Å². The lowest BCUT2D eigenvalue weighted by molar-refractivity contribution is -0.149. The molecule has 0 saturated heterocycles. The third-order valence-electron chi connectivity index (χ3n) is 5.85. The quantitative estimate of drug-likeness (QED) is 0.200. The van der Waals surface area contributed by atoms with Crippen LogP contribution in [0.3, 0.4) is 0 Å². The van der Waals surface area contributed by atoms with E-state index in [2.05, 4.69) is 25.1 Å². The Morgan fingerprint density at radius 3 is 2.55 bits per heavy atom. The molecule has 1 aromatic carbocycles. The highest BCUT2D eigenvalue weighted by atomic mass is 31.2. The Morgan fingerprint density at radius 1 is 1.18 bits per heavy atom. The fourth-order valence-corrected chi connectivity index (χ4v) is 6.29. The van der Waals surface area contributed by atoms with Crippen LogP contribution in [0.1, 0.15) is 52.6 Å². The lowest BCUT2D eigenvalue weighted by atomic mass is 10.1. The van der Waals surface area contributed by atoms with E-state index >= 15 is 0 Å². The maximum atomic E-state index is 14.2. The highest BCUT2D eigenvalue weighted by molar-refractivity contribution is 7.59. The van der Waals surface area contributed by atoms with Gasteiger partial charge in [-0.1, -0.05) is 19.1 Å². The first-order valence-electron chi connectivity index (χ1n) is 12.5. The Balaban J connectivity index is 1.76. The van der Waals surface area contributed by atoms with Gasteiger partial charge in [-0.25, -0.2) is 25.1 Å². The summed E-state index contributed by atoms with van der Waals surface area (Å²) in [4.78, 5) is 25.2. The molecule has 2 aromatic heterocycles. The zero-order valence-electron chi connectivity index (χ0n) is 22.8. The molecule has 0 unspecified atom stereocenters. The van der Waals surface area contributed by atoms with Crippen molar-refractivity contribution >= 4 is 30.4 Å². The molecule has 3 aromatic rings. The number of aromatic nitrogens is 4. The molecule has 3 rings (SSSR count). The maximum Gasteiger partial charge on any atom is 0.326 e. The lowest BCUT2D eigenvalue weighted by Crippen LogP contribution is -2.49. The number of nitrogens with two attached hydrogens (primary N) is 1. The zero-order chi connectivity index (χ0) is 27.9. The first-order valence-corrected chi connectivity index (χ1v) is 14.4. The van der Waals surface area contributed by atoms with E-state index in [0.29, 0.717) is 29.9 Å². The number of esters is 1. The highest BCUT2D eigenvalue weighted by Crippen LogP contribution is 2.42. The van der Waals surface area contributed by atoms with Crippen molar-refractivity contribution in [3.05, 3.63) is 42.5 Å². The average molecular weight is 548 g/mol. The third-order valence-corrected chi connectivity index (χ3v) is 8.09. The molecule has 4 N–H and O–H groups in total. The number of nitrogens with zero attached hydrogens (tertiary/aromatic N) is 4. The maximum absolute atomic E-state index is 14.2. The standard InChI is InChI=1S/C25H38N7O5P/c1-7-12-36-24(33)25(4,5)31-38(34,30-18(3)19-8-10-20(35-6)11-9-19)16-37-17(2)13-32-15-29-21-22(26)27-14-28-23(21)32/h8-11,14-15,17-18H,7,12-13,16H2,1-6H3,(H2,26,27,28)(H2,30,31,34)/t17-,18-,38+/m1/s1. The summed E-state index contributed by atoms with van der Waals surface area (Å²) >= 11 is 0. The topological polar surface area (TPSA) is 156 Å². The van der Waals surface area contributed by atoms with Crippen LogP contribution in [0.25, 0.3) is 11.2 Å². The number of hydrogen-bond donors (Lipinski definition) is 3. The van der Waals surface area contributed by atoms with Gasteiger partial charge in [-0.2, -0.15) is 0 Å². The Bertz CT molecular complexity index is 1260. The predicted molar refractivity (Wildman–Crippen MR) is 146 cm³/mol. The van der Waals surface area contributed by atoms with Crippen molar-refractivity contribution in [2.75, 3.05) is 25.8 Å². The molecular weight excluding hydrogens is 509 g/mol. The van der Waals surface area contributed by atoms with E-state index in [-0.39, 0.29) is 25.1 Å². The smallest absolute Gasteiger partial charge is 0.326 e. The van der Waals surface area contributed by atoms with E-state index in [1.54, 1.807) is 31.9 Å². The number of imidazole rings is 1. The van der Waals surface area contributed by atoms with E-state index in [1.165, 1.54) is 6.33 Å². The molecule has 0 aliphatic heterocycles. The highest BCUT2D eigenvalue weighted by Gasteiger charge is 2.38. The van der Waals surface area contributed by atoms with Gasteiger partial charge in [0, 0.05) is 6.04 Å². The second-order valence-corrected chi connectivity index (χ2v) is 11.9. The molecule has 0 aliphatic carbocycles. The van der Waals surface area contributed by atoms with Crippen molar-refractivity contribution in [1.29, 1.82) is 0 Å². The normalized spacial score (nSPS) is 15.1. The minimum Gasteiger partial charge on any atom is -0.497 e. The summed E-state index contributed by atoms with van der Waals surface area (Å²) in [6, 6.07) is 7.13. The number of benzene rings is 1. The van der Waals surface area contributed by atoms with Crippen LogP contribution in [-0.2, 0) is 25.4 Å². The molecule has 2 heterocycles. The number of anilines is 1. The molecule has 0 saturated carbocycles. The Hall–Kier alpha value is -3.05. The molecule has 3 atom stereocenters. The van der Waals surface area contributed by atoms with Gasteiger partial charge in [0.15, 0.2) is 11.5 Å². The summed E-state index contributed by atoms with van der Waals surface area (Å²) < 4.78 is 32.7. The number of fused-ring (bicyclic) bond motifs is 1. The number of rotatable bonds is 14. The fourth-order valence-electron chi connectivity index (χ4n) is 3.85. The SMILES string of the molecule is CCCOC(=O)C(C)(C)N[P@](=O)(CO[C@H](C)Cn1cnc2c(N)ncnc21)N[C@H](C)c1ccc(OC)cc1. The van der Waals surface area contributed by atoms with Crippen LogP contribution in [0.5, 0.6) is 5.75 Å². The van der Waals surface area contributed by atoms with Gasteiger partial charge in [0.05, 0.1) is 32.7 Å². The van der Waals surface area contributed by atoms with E-state index < -0.39 is 19.0 Å². The zero-order valence-corrected chi connectivity index (χ0v) is 23.7. The van der Waals surface area contributed by atoms with Crippen LogP contribution >= 0.6 is 7.44 Å². The van der Waals surface area contributed by atoms with Gasteiger partial charge in [0.2, 0.25) is 7.44 Å². The number of carbonyl (C=O) groups is 1. The van der Waals surface area contributed by atoms with Crippen molar-refractivity contribution in [3.8, 4) is 5.75 Å². The lowest BCUT2D eigenvalue weighted by Gasteiger charge is -2.33. The van der Waals surface area contributed by atoms with E-state index in [9.17, 15) is 9.36 Å². The molecule has 0 spiro atoms. The van der Waals surface area contributed by atoms with Gasteiger partial charge in [-0.05, 0) is 51.8 Å². The molecule has 0 bridgehead atoms. The second-order valence-electron chi connectivity index (χ2n) is 9.67. The number of nitrogen functional groups attached to an aromatic ring is 1. The van der Waals surface area contributed by atoms with Gasteiger partial charge >= 0.3 is 5.97 Å². The van der Waals surface area contributed by atoms with Gasteiger partial charge in [0.1, 0.15) is 29.5 Å². The van der Waals surface area contributed by atoms with E-state index in [1.807, 2.05) is 45.0 Å². The van der Waals surface area contributed by atoms with Crippen molar-refractivity contribution in [1.82, 2.24) is 29.7 Å². The fraction of sp³-hybridized carbons (Fsp3) is 0.520. The van der Waals surface area contributed by atoms with Gasteiger partial charge in [-0.15, -0.1) is 0 Å². The minimum atomic E-state index is -3.49. The molecule has 12 nitrogen and oxygen atoms in total. The minimum absolute atomic E-state index is 0.178. The molecule has 13 heteroatoms. The van der Waals surface area contributed by atoms with Crippen LogP contribution in [-0.4, -0.2) is 57.2 Å². The summed E-state index contributed by atoms with van der Waals surface area (Å²) in [5.74, 6) is 0.525. The molecule has 208 valence electrons. The summed E-state index contributed by atoms with van der Waals surface area (Å²) in [6.45, 7) is 9.62. The third kappa shape index (κ3) is 7.50. The Kier molecular flexibility index (Phi) is 9.83. The van der Waals surface area contributed by atoms with Crippen LogP contribution < -0.4 is 20.6 Å². The predicted octanol–water partition coefficient (Wildman–Crippen LogP) is 3.65. The summed E-state index contributed by atoms with van der Waals surface area (Å²) in [7, 11) is -1.89. The Morgan fingerprint density at radius 2 is 1.89 bits per heavy atom. The second kappa shape index (κ2) is 12.7. The van der Waals surface area contributed by atoms with Crippen molar-refractivity contribution in [2.24, 2.45) is 0 Å². The number of carbonyl (C=O) groups excluding carboxylic acids is 1. The first-order chi connectivity index (χ1) is 18.0. The monoisotopic (exact) mass is 547 g/mol. The van der Waals surface area contributed by atoms with Crippen LogP contribution in [0.4, 0.5) is 5.82 Å². The van der Waals surface area contributed by atoms with E-state index in [0.717, 1.165) is 11.3 Å². The van der Waals surface area contributed by atoms with Crippen molar-refractivity contribution in [3.63, 3.8) is 0 Å². The molecule has 0 amide bonds. The van der Waals surface area contributed by atoms with Crippen LogP contribution in [0.15, 0.2) is 36.9 Å². The number of nitrogens with one attached hydrogen (secondary N) is 2. The van der Waals surface area contributed by atoms with Crippen molar-refractivity contribution < 1.29 is 23.6 Å².